The van der Waals surface area contributed by atoms with E-state index < -0.39 is 21.7 Å². The smallest absolute Gasteiger partial charge is 0.255 e. The molecule has 0 atom stereocenters. The van der Waals surface area contributed by atoms with Crippen molar-refractivity contribution >= 4 is 38.9 Å². The normalized spacial score (nSPS) is 13.7. The fourth-order valence-corrected chi connectivity index (χ4v) is 3.76. The molecule has 1 aliphatic heterocycles. The molecule has 0 unspecified atom stereocenters. The van der Waals surface area contributed by atoms with Crippen molar-refractivity contribution in [2.45, 2.75) is 6.42 Å². The lowest BCUT2D eigenvalue weighted by molar-refractivity contribution is 0.102. The molecule has 0 bridgehead atoms. The Morgan fingerprint density at radius 3 is 2.67 bits per heavy atom. The largest absolute Gasteiger partial charge is 0.319 e. The predicted molar refractivity (Wildman–Crippen MR) is 91.7 cm³/mol. The van der Waals surface area contributed by atoms with Gasteiger partial charge in [-0.25, -0.2) is 12.8 Å². The summed E-state index contributed by atoms with van der Waals surface area (Å²) < 4.78 is 38.5. The van der Waals surface area contributed by atoms with Gasteiger partial charge in [0, 0.05) is 17.1 Å². The van der Waals surface area contributed by atoms with Gasteiger partial charge in [-0.2, -0.15) is 0 Å². The maximum absolute atomic E-state index is 13.8. The second kappa shape index (κ2) is 6.07. The number of nitrogens with one attached hydrogen (secondary N) is 1. The quantitative estimate of drug-likeness (QED) is 0.905. The van der Waals surface area contributed by atoms with Crippen molar-refractivity contribution in [1.29, 1.82) is 0 Å². The molecule has 8 heteroatoms. The number of hydrogen-bond acceptors (Lipinski definition) is 3. The highest BCUT2D eigenvalue weighted by Gasteiger charge is 2.26. The van der Waals surface area contributed by atoms with E-state index in [0.29, 0.717) is 24.2 Å². The average Bonchev–Trinajstić information content (AvgIpc) is 2.93. The Bertz CT molecular complexity index is 931. The van der Waals surface area contributed by atoms with E-state index in [0.717, 1.165) is 17.9 Å². The van der Waals surface area contributed by atoms with Gasteiger partial charge in [-0.05, 0) is 48.4 Å². The first-order chi connectivity index (χ1) is 11.3. The molecule has 0 aliphatic carbocycles. The fraction of sp³-hybridized carbons (Fsp3) is 0.188. The van der Waals surface area contributed by atoms with Crippen molar-refractivity contribution in [3.63, 3.8) is 0 Å². The molecule has 24 heavy (non-hydrogen) atoms. The van der Waals surface area contributed by atoms with Crippen LogP contribution < -0.4 is 9.62 Å². The summed E-state index contributed by atoms with van der Waals surface area (Å²) in [6, 6.07) is 8.72. The van der Waals surface area contributed by atoms with Crippen molar-refractivity contribution in [3.8, 4) is 0 Å². The van der Waals surface area contributed by atoms with Crippen LogP contribution in [0.15, 0.2) is 36.4 Å². The molecule has 0 saturated heterocycles. The molecule has 1 N–H and O–H groups in total. The lowest BCUT2D eigenvalue weighted by atomic mass is 10.1. The first kappa shape index (κ1) is 16.7. The van der Waals surface area contributed by atoms with Gasteiger partial charge in [0.25, 0.3) is 5.91 Å². The van der Waals surface area contributed by atoms with E-state index in [4.69, 9.17) is 11.6 Å². The van der Waals surface area contributed by atoms with Gasteiger partial charge in [0.1, 0.15) is 5.82 Å². The number of nitrogens with zero attached hydrogens (tertiary/aromatic N) is 1. The summed E-state index contributed by atoms with van der Waals surface area (Å²) in [4.78, 5) is 12.3. The van der Waals surface area contributed by atoms with Crippen molar-refractivity contribution < 1.29 is 17.6 Å². The zero-order valence-corrected chi connectivity index (χ0v) is 14.3. The number of anilines is 2. The monoisotopic (exact) mass is 368 g/mol. The summed E-state index contributed by atoms with van der Waals surface area (Å²) in [5.41, 5.74) is 1.71. The van der Waals surface area contributed by atoms with Crippen LogP contribution in [-0.4, -0.2) is 27.1 Å². The summed E-state index contributed by atoms with van der Waals surface area (Å²) in [5, 5.41) is 2.72. The van der Waals surface area contributed by atoms with Gasteiger partial charge in [-0.15, -0.1) is 0 Å². The maximum Gasteiger partial charge on any atom is 0.255 e. The molecular formula is C16H14ClFN2O3S. The Morgan fingerprint density at radius 2 is 2.00 bits per heavy atom. The molecule has 1 amide bonds. The third-order valence-electron chi connectivity index (χ3n) is 3.77. The number of carbonyl (C=O) groups excluding carboxylic acids is 1. The summed E-state index contributed by atoms with van der Waals surface area (Å²) in [6.45, 7) is 0.352. The first-order valence-electron chi connectivity index (χ1n) is 7.13. The molecule has 2 aromatic rings. The van der Waals surface area contributed by atoms with Gasteiger partial charge in [0.2, 0.25) is 10.0 Å². The minimum Gasteiger partial charge on any atom is -0.319 e. The van der Waals surface area contributed by atoms with E-state index in [-0.39, 0.29) is 10.7 Å². The SMILES string of the molecule is CS(=O)(=O)N1CCc2cc(C(=O)Nc3ccc(Cl)cc3F)ccc21. The number of halogens is 2. The van der Waals surface area contributed by atoms with Crippen LogP contribution in [0.1, 0.15) is 15.9 Å². The van der Waals surface area contributed by atoms with Gasteiger partial charge in [0.05, 0.1) is 17.6 Å². The van der Waals surface area contributed by atoms with Gasteiger partial charge in [-0.1, -0.05) is 11.6 Å². The highest BCUT2D eigenvalue weighted by atomic mass is 35.5. The van der Waals surface area contributed by atoms with E-state index >= 15 is 0 Å². The summed E-state index contributed by atoms with van der Waals surface area (Å²) in [5.74, 6) is -1.10. The molecule has 2 aromatic carbocycles. The minimum atomic E-state index is -3.34. The molecular weight excluding hydrogens is 355 g/mol. The third-order valence-corrected chi connectivity index (χ3v) is 5.19. The number of sulfonamides is 1. The Balaban J connectivity index is 1.85. The molecule has 3 rings (SSSR count). The molecule has 0 fully saturated rings. The number of amides is 1. The molecule has 0 spiro atoms. The van der Waals surface area contributed by atoms with Crippen LogP contribution in [0.2, 0.25) is 5.02 Å². The van der Waals surface area contributed by atoms with Gasteiger partial charge < -0.3 is 5.32 Å². The number of carbonyl (C=O) groups is 1. The second-order valence-corrected chi connectivity index (χ2v) is 7.85. The van der Waals surface area contributed by atoms with Crippen LogP contribution in [0, 0.1) is 5.82 Å². The van der Waals surface area contributed by atoms with E-state index in [1.807, 2.05) is 0 Å². The summed E-state index contributed by atoms with van der Waals surface area (Å²) in [7, 11) is -3.34. The number of fused-ring (bicyclic) bond motifs is 1. The first-order valence-corrected chi connectivity index (χ1v) is 9.35. The fourth-order valence-electron chi connectivity index (χ4n) is 2.64. The zero-order valence-electron chi connectivity index (χ0n) is 12.7. The molecule has 126 valence electrons. The van der Waals surface area contributed by atoms with E-state index in [1.165, 1.54) is 22.5 Å². The Kier molecular flexibility index (Phi) is 4.23. The number of rotatable bonds is 3. The van der Waals surface area contributed by atoms with Crippen LogP contribution in [0.4, 0.5) is 15.8 Å². The molecule has 0 radical (unpaired) electrons. The third kappa shape index (κ3) is 3.22. The molecule has 0 saturated carbocycles. The highest BCUT2D eigenvalue weighted by molar-refractivity contribution is 7.92. The molecule has 0 aromatic heterocycles. The van der Waals surface area contributed by atoms with Crippen LogP contribution in [0.5, 0.6) is 0 Å². The summed E-state index contributed by atoms with van der Waals surface area (Å²) in [6.07, 6.45) is 1.67. The van der Waals surface area contributed by atoms with Crippen molar-refractivity contribution in [1.82, 2.24) is 0 Å². The molecule has 1 aliphatic rings. The standard InChI is InChI=1S/C16H14ClFN2O3S/c1-24(22,23)20-7-6-10-8-11(2-5-15(10)20)16(21)19-14-4-3-12(17)9-13(14)18/h2-5,8-9H,6-7H2,1H3,(H,19,21). The molecule has 5 nitrogen and oxygen atoms in total. The van der Waals surface area contributed by atoms with Crippen LogP contribution in [0.25, 0.3) is 0 Å². The average molecular weight is 369 g/mol. The molecule has 1 heterocycles. The lowest BCUT2D eigenvalue weighted by Gasteiger charge is -2.16. The topological polar surface area (TPSA) is 66.5 Å². The van der Waals surface area contributed by atoms with Gasteiger partial charge >= 0.3 is 0 Å². The Labute approximate surface area is 144 Å². The van der Waals surface area contributed by atoms with Gasteiger partial charge in [0.15, 0.2) is 0 Å². The van der Waals surface area contributed by atoms with E-state index in [1.54, 1.807) is 12.1 Å². The number of hydrogen-bond donors (Lipinski definition) is 1. The van der Waals surface area contributed by atoms with Crippen molar-refractivity contribution in [2.24, 2.45) is 0 Å². The second-order valence-electron chi connectivity index (χ2n) is 5.51. The van der Waals surface area contributed by atoms with Crippen LogP contribution >= 0.6 is 11.6 Å². The van der Waals surface area contributed by atoms with Crippen molar-refractivity contribution in [2.75, 3.05) is 22.4 Å². The highest BCUT2D eigenvalue weighted by Crippen LogP contribution is 2.31. The van der Waals surface area contributed by atoms with Crippen LogP contribution in [-0.2, 0) is 16.4 Å². The van der Waals surface area contributed by atoms with E-state index in [2.05, 4.69) is 5.32 Å². The Hall–Kier alpha value is -2.12. The minimum absolute atomic E-state index is 0.0302. The van der Waals surface area contributed by atoms with E-state index in [9.17, 15) is 17.6 Å². The van der Waals surface area contributed by atoms with Crippen LogP contribution in [0.3, 0.4) is 0 Å². The van der Waals surface area contributed by atoms with Gasteiger partial charge in [-0.3, -0.25) is 9.10 Å². The van der Waals surface area contributed by atoms with Crippen molar-refractivity contribution in [3.05, 3.63) is 58.4 Å². The zero-order chi connectivity index (χ0) is 17.5. The lowest BCUT2D eigenvalue weighted by Crippen LogP contribution is -2.27. The number of benzene rings is 2. The Morgan fingerprint density at radius 1 is 1.25 bits per heavy atom. The maximum atomic E-state index is 13.8. The summed E-state index contributed by atoms with van der Waals surface area (Å²) >= 11 is 5.68. The predicted octanol–water partition coefficient (Wildman–Crippen LogP) is 3.05.